The summed E-state index contributed by atoms with van der Waals surface area (Å²) in [6.07, 6.45) is 0. The van der Waals surface area contributed by atoms with Crippen molar-refractivity contribution in [3.8, 4) is 0 Å². The summed E-state index contributed by atoms with van der Waals surface area (Å²) in [5, 5.41) is 3.94. The van der Waals surface area contributed by atoms with E-state index in [2.05, 4.69) is 125 Å². The summed E-state index contributed by atoms with van der Waals surface area (Å²) >= 11 is 0. The smallest absolute Gasteiger partial charge is 0.339 e. The summed E-state index contributed by atoms with van der Waals surface area (Å²) in [5.74, 6) is -0.199. The Balaban J connectivity index is 1.65. The lowest BCUT2D eigenvalue weighted by Gasteiger charge is -2.39. The van der Waals surface area contributed by atoms with E-state index in [0.717, 1.165) is 72.9 Å². The Kier molecular flexibility index (Phi) is 9.18. The van der Waals surface area contributed by atoms with Gasteiger partial charge in [-0.15, -0.1) is 0 Å². The van der Waals surface area contributed by atoms with E-state index >= 15 is 9.59 Å². The average Bonchev–Trinajstić information content (AvgIpc) is 3.71. The molecule has 1 atom stereocenters. The number of ether oxygens (including phenoxy) is 1. The van der Waals surface area contributed by atoms with Crippen LogP contribution in [0.3, 0.4) is 0 Å². The van der Waals surface area contributed by atoms with Crippen LogP contribution in [0.4, 0.5) is 28.4 Å². The number of amides is 1. The highest BCUT2D eigenvalue weighted by atomic mass is 16.5. The highest BCUT2D eigenvalue weighted by molar-refractivity contribution is 6.27. The number of carbonyl (C=O) groups is 2. The molecule has 8 nitrogen and oxygen atoms in total. The van der Waals surface area contributed by atoms with E-state index in [4.69, 9.17) is 9.73 Å². The van der Waals surface area contributed by atoms with Gasteiger partial charge < -0.3 is 19.9 Å². The molecular formula is C49H49N5O3. The summed E-state index contributed by atoms with van der Waals surface area (Å²) in [7, 11) is 1.79. The normalized spacial score (nSPS) is 18.0. The van der Waals surface area contributed by atoms with Crippen LogP contribution in [0.2, 0.25) is 0 Å². The number of nitrogens with one attached hydrogen (secondary N) is 1. The molecule has 1 unspecified atom stereocenters. The predicted octanol–water partition coefficient (Wildman–Crippen LogP) is 10.2. The van der Waals surface area contributed by atoms with Crippen molar-refractivity contribution in [1.82, 2.24) is 0 Å². The Bertz CT molecular complexity index is 2550. The van der Waals surface area contributed by atoms with Gasteiger partial charge in [-0.25, -0.2) is 9.79 Å². The number of likely N-dealkylation sites (N-methyl/N-ethyl adjacent to an activating group) is 1. The van der Waals surface area contributed by atoms with Crippen LogP contribution >= 0.6 is 0 Å². The molecule has 1 N–H and O–H groups in total. The van der Waals surface area contributed by atoms with Crippen LogP contribution < -0.4 is 20.0 Å². The molecule has 3 heterocycles. The fourth-order valence-electron chi connectivity index (χ4n) is 9.15. The molecule has 1 amide bonds. The third-order valence-corrected chi connectivity index (χ3v) is 11.7. The lowest BCUT2D eigenvalue weighted by molar-refractivity contribution is -0.140. The number of rotatable bonds is 7. The van der Waals surface area contributed by atoms with Gasteiger partial charge in [0.1, 0.15) is 11.3 Å². The topological polar surface area (TPSA) is 77.5 Å². The van der Waals surface area contributed by atoms with E-state index in [1.54, 1.807) is 18.9 Å². The number of aliphatic imine (C=N–C) groups is 1. The summed E-state index contributed by atoms with van der Waals surface area (Å²) in [6.45, 7) is 18.5. The second-order valence-corrected chi connectivity index (χ2v) is 15.5. The number of benzene rings is 5. The lowest BCUT2D eigenvalue weighted by atomic mass is 9.82. The third-order valence-electron chi connectivity index (χ3n) is 11.7. The van der Waals surface area contributed by atoms with Crippen molar-refractivity contribution >= 4 is 46.1 Å². The molecule has 8 heteroatoms. The zero-order chi connectivity index (χ0) is 40.5. The minimum absolute atomic E-state index is 0.125. The van der Waals surface area contributed by atoms with Gasteiger partial charge in [-0.2, -0.15) is 0 Å². The second-order valence-electron chi connectivity index (χ2n) is 15.5. The largest absolute Gasteiger partial charge is 0.462 e. The lowest BCUT2D eigenvalue weighted by Crippen LogP contribution is -2.53. The average molecular weight is 756 g/mol. The van der Waals surface area contributed by atoms with Crippen molar-refractivity contribution in [2.45, 2.75) is 67.9 Å². The molecule has 0 aromatic heterocycles. The Morgan fingerprint density at radius 2 is 1.18 bits per heavy atom. The van der Waals surface area contributed by atoms with Crippen molar-refractivity contribution in [2.24, 2.45) is 4.99 Å². The number of nitrogens with zero attached hydrogens (tertiary/aromatic N) is 4. The van der Waals surface area contributed by atoms with Gasteiger partial charge in [-0.1, -0.05) is 91.0 Å². The number of fused-ring (bicyclic) bond motifs is 3. The Morgan fingerprint density at radius 1 is 0.667 bits per heavy atom. The number of hydrogen-bond donors (Lipinski definition) is 1. The Hall–Kier alpha value is -6.41. The van der Waals surface area contributed by atoms with Crippen molar-refractivity contribution < 1.29 is 14.3 Å². The first-order valence-electron chi connectivity index (χ1n) is 19.6. The second kappa shape index (κ2) is 14.0. The molecule has 0 saturated carbocycles. The van der Waals surface area contributed by atoms with Crippen LogP contribution in [-0.4, -0.2) is 31.4 Å². The van der Waals surface area contributed by atoms with E-state index in [0.29, 0.717) is 28.5 Å². The van der Waals surface area contributed by atoms with Crippen molar-refractivity contribution in [3.63, 3.8) is 0 Å². The number of aryl methyl sites for hydroxylation is 8. The van der Waals surface area contributed by atoms with Crippen LogP contribution in [-0.2, 0) is 19.9 Å². The fraction of sp³-hybridized carbons (Fsp3) is 0.245. The van der Waals surface area contributed by atoms with Gasteiger partial charge in [0, 0.05) is 29.7 Å². The number of para-hydroxylation sites is 5. The van der Waals surface area contributed by atoms with Crippen molar-refractivity contribution in [3.05, 3.63) is 170 Å². The fourth-order valence-corrected chi connectivity index (χ4v) is 9.15. The molecule has 8 rings (SSSR count). The summed E-state index contributed by atoms with van der Waals surface area (Å²) < 4.78 is 6.09. The van der Waals surface area contributed by atoms with Crippen molar-refractivity contribution in [1.29, 1.82) is 0 Å². The first-order chi connectivity index (χ1) is 27.3. The molecule has 5 aromatic rings. The van der Waals surface area contributed by atoms with E-state index in [9.17, 15) is 0 Å². The van der Waals surface area contributed by atoms with E-state index in [-0.39, 0.29) is 18.1 Å². The molecule has 0 aliphatic carbocycles. The number of esters is 1. The van der Waals surface area contributed by atoms with Gasteiger partial charge in [-0.05, 0) is 113 Å². The maximum absolute atomic E-state index is 15.7. The Morgan fingerprint density at radius 3 is 1.74 bits per heavy atom. The first-order valence-corrected chi connectivity index (χ1v) is 19.6. The third kappa shape index (κ3) is 5.45. The van der Waals surface area contributed by atoms with Gasteiger partial charge >= 0.3 is 5.97 Å². The summed E-state index contributed by atoms with van der Waals surface area (Å²) in [4.78, 5) is 42.5. The van der Waals surface area contributed by atoms with Crippen molar-refractivity contribution in [2.75, 3.05) is 33.7 Å². The van der Waals surface area contributed by atoms with Crippen LogP contribution in [0.1, 0.15) is 57.0 Å². The van der Waals surface area contributed by atoms with E-state index in [1.165, 1.54) is 0 Å². The number of carbonyl (C=O) groups excluding carboxylic acids is 2. The monoisotopic (exact) mass is 755 g/mol. The standard InChI is InChI=1S/C49H49N5O3/c1-11-57-47(55)38-44-45(54(43-34(8)24-17-25-35(43)9)49(38)36-26-12-13-27-37(36)52(10)48(49)56)41(50-39-28(2)18-14-19-29(39)3)46(51-40-30(4)20-15-21-31(40)5)53(44)42-32(6)22-16-23-33(42)7/h12-27,50H,11H2,1-10H3. The molecular weight excluding hydrogens is 707 g/mol. The Labute approximate surface area is 335 Å². The van der Waals surface area contributed by atoms with Gasteiger partial charge in [0.2, 0.25) is 0 Å². The van der Waals surface area contributed by atoms with E-state index in [1.807, 2.05) is 42.5 Å². The minimum atomic E-state index is -1.63. The summed E-state index contributed by atoms with van der Waals surface area (Å²) in [6, 6.07) is 32.6. The number of anilines is 4. The minimum Gasteiger partial charge on any atom is -0.462 e. The van der Waals surface area contributed by atoms with Crippen LogP contribution in [0, 0.1) is 55.4 Å². The van der Waals surface area contributed by atoms with Gasteiger partial charge in [0.05, 0.1) is 29.4 Å². The highest BCUT2D eigenvalue weighted by Crippen LogP contribution is 2.61. The molecule has 0 saturated heterocycles. The molecule has 1 spiro atoms. The molecule has 5 aromatic carbocycles. The van der Waals surface area contributed by atoms with Crippen LogP contribution in [0.25, 0.3) is 0 Å². The molecule has 3 aliphatic rings. The molecule has 57 heavy (non-hydrogen) atoms. The van der Waals surface area contributed by atoms with Crippen LogP contribution in [0.15, 0.2) is 125 Å². The molecule has 0 bridgehead atoms. The van der Waals surface area contributed by atoms with Gasteiger partial charge in [-0.3, -0.25) is 9.69 Å². The maximum atomic E-state index is 15.7. The molecule has 3 aliphatic heterocycles. The van der Waals surface area contributed by atoms with Gasteiger partial charge in [0.15, 0.2) is 11.4 Å². The predicted molar refractivity (Wildman–Crippen MR) is 232 cm³/mol. The molecule has 0 fully saturated rings. The SMILES string of the molecule is CCOC(=O)C1=C2C(=C(Nc3c(C)cccc3C)C(=Nc3c(C)cccc3C)N2c2c(C)cccc2C)N(c2c(C)cccc2C)C12C(=O)N(C)c1ccccc12. The maximum Gasteiger partial charge on any atom is 0.339 e. The summed E-state index contributed by atoms with van der Waals surface area (Å²) in [5.41, 5.74) is 13.4. The van der Waals surface area contributed by atoms with Crippen LogP contribution in [0.5, 0.6) is 0 Å². The highest BCUT2D eigenvalue weighted by Gasteiger charge is 2.68. The molecule has 288 valence electrons. The number of hydrogen-bond acceptors (Lipinski definition) is 6. The van der Waals surface area contributed by atoms with Gasteiger partial charge in [0.25, 0.3) is 5.91 Å². The quantitative estimate of drug-likeness (QED) is 0.167. The molecule has 0 radical (unpaired) electrons. The van der Waals surface area contributed by atoms with E-state index < -0.39 is 11.5 Å². The zero-order valence-corrected chi connectivity index (χ0v) is 34.5. The first kappa shape index (κ1) is 37.5. The zero-order valence-electron chi connectivity index (χ0n) is 34.5. The number of amidine groups is 1.